The van der Waals surface area contributed by atoms with Crippen molar-refractivity contribution in [3.63, 3.8) is 0 Å². The minimum Gasteiger partial charge on any atom is -0.481 e. The molecule has 1 atom stereocenters. The van der Waals surface area contributed by atoms with Crippen molar-refractivity contribution in [2.75, 3.05) is 0 Å². The van der Waals surface area contributed by atoms with Gasteiger partial charge in [0.1, 0.15) is 10.3 Å². The van der Waals surface area contributed by atoms with E-state index in [4.69, 9.17) is 10.2 Å². The molecule has 0 saturated carbocycles. The molecule has 3 N–H and O–H groups in total. The summed E-state index contributed by atoms with van der Waals surface area (Å²) in [4.78, 5) is 22.0. The number of nitrogens with one attached hydrogen (secondary N) is 1. The van der Waals surface area contributed by atoms with Crippen LogP contribution < -0.4 is 4.72 Å². The van der Waals surface area contributed by atoms with E-state index in [-0.39, 0.29) is 4.21 Å². The van der Waals surface area contributed by atoms with Gasteiger partial charge in [0.2, 0.25) is 0 Å². The van der Waals surface area contributed by atoms with Crippen LogP contribution in [0.15, 0.2) is 16.3 Å². The Kier molecular flexibility index (Phi) is 4.43. The van der Waals surface area contributed by atoms with Crippen LogP contribution in [0.5, 0.6) is 0 Å². The molecule has 0 aliphatic rings. The van der Waals surface area contributed by atoms with E-state index >= 15 is 0 Å². The minimum atomic E-state index is -4.00. The first-order valence-electron chi connectivity index (χ1n) is 4.76. The fourth-order valence-electron chi connectivity index (χ4n) is 1.16. The van der Waals surface area contributed by atoms with Gasteiger partial charge >= 0.3 is 11.9 Å². The van der Waals surface area contributed by atoms with Gasteiger partial charge in [0.05, 0.1) is 6.42 Å². The third kappa shape index (κ3) is 3.79. The number of sulfonamides is 1. The first-order valence-corrected chi connectivity index (χ1v) is 7.05. The third-order valence-electron chi connectivity index (χ3n) is 1.95. The average molecular weight is 293 g/mol. The quantitative estimate of drug-likeness (QED) is 0.692. The predicted octanol–water partition coefficient (Wildman–Crippen LogP) is 0.263. The summed E-state index contributed by atoms with van der Waals surface area (Å²) >= 11 is 0.976. The van der Waals surface area contributed by atoms with Gasteiger partial charge in [-0.15, -0.1) is 11.3 Å². The second-order valence-corrected chi connectivity index (χ2v) is 6.70. The Morgan fingerprint density at radius 1 is 1.39 bits per heavy atom. The van der Waals surface area contributed by atoms with Crippen molar-refractivity contribution in [3.05, 3.63) is 17.0 Å². The van der Waals surface area contributed by atoms with Crippen molar-refractivity contribution < 1.29 is 28.2 Å². The van der Waals surface area contributed by atoms with Crippen LogP contribution in [0.3, 0.4) is 0 Å². The second-order valence-electron chi connectivity index (χ2n) is 3.48. The maximum absolute atomic E-state index is 11.8. The van der Waals surface area contributed by atoms with Crippen LogP contribution in [0.2, 0.25) is 0 Å². The lowest BCUT2D eigenvalue weighted by molar-refractivity contribution is -0.145. The van der Waals surface area contributed by atoms with E-state index in [9.17, 15) is 18.0 Å². The number of carboxylic acids is 2. The molecule has 0 bridgehead atoms. The molecule has 0 saturated heterocycles. The summed E-state index contributed by atoms with van der Waals surface area (Å²) in [7, 11) is -4.00. The third-order valence-corrected chi connectivity index (χ3v) is 4.92. The normalized spacial score (nSPS) is 13.2. The molecule has 0 radical (unpaired) electrons. The minimum absolute atomic E-state index is 0.0448. The summed E-state index contributed by atoms with van der Waals surface area (Å²) in [6.45, 7) is 1.70. The van der Waals surface area contributed by atoms with Gasteiger partial charge in [-0.05, 0) is 19.1 Å². The lowest BCUT2D eigenvalue weighted by atomic mass is 10.2. The number of thiophene rings is 1. The molecule has 0 aliphatic carbocycles. The van der Waals surface area contributed by atoms with E-state index in [2.05, 4.69) is 0 Å². The summed E-state index contributed by atoms with van der Waals surface area (Å²) < 4.78 is 25.4. The summed E-state index contributed by atoms with van der Waals surface area (Å²) in [5.74, 6) is -2.93. The molecule has 1 rings (SSSR count). The molecule has 1 aromatic heterocycles. The van der Waals surface area contributed by atoms with E-state index in [1.807, 2.05) is 4.72 Å². The zero-order valence-corrected chi connectivity index (χ0v) is 10.9. The SMILES string of the molecule is Cc1ccc(S(=O)(=O)N[C@@H](CC(=O)O)C(=O)O)s1. The second kappa shape index (κ2) is 5.46. The van der Waals surface area contributed by atoms with Gasteiger partial charge < -0.3 is 10.2 Å². The summed E-state index contributed by atoms with van der Waals surface area (Å²) in [6, 6.07) is 1.23. The zero-order valence-electron chi connectivity index (χ0n) is 9.28. The molecule has 0 aromatic carbocycles. The Labute approximate surface area is 107 Å². The van der Waals surface area contributed by atoms with E-state index in [1.165, 1.54) is 6.07 Å². The molecule has 0 amide bonds. The molecular formula is C9H11NO6S2. The number of rotatable bonds is 6. The van der Waals surface area contributed by atoms with Gasteiger partial charge in [-0.2, -0.15) is 4.72 Å². The van der Waals surface area contributed by atoms with Gasteiger partial charge in [0.25, 0.3) is 10.0 Å². The first kappa shape index (κ1) is 14.6. The molecule has 0 aliphatic heterocycles. The number of carbonyl (C=O) groups is 2. The van der Waals surface area contributed by atoms with Crippen LogP contribution in [0.4, 0.5) is 0 Å². The molecule has 9 heteroatoms. The number of hydrogen-bond donors (Lipinski definition) is 3. The number of aliphatic carboxylic acids is 2. The van der Waals surface area contributed by atoms with Gasteiger partial charge in [0.15, 0.2) is 0 Å². The lowest BCUT2D eigenvalue weighted by Gasteiger charge is -2.11. The van der Waals surface area contributed by atoms with Crippen molar-refractivity contribution in [2.45, 2.75) is 23.6 Å². The summed E-state index contributed by atoms with van der Waals surface area (Å²) in [6.07, 6.45) is -0.821. The number of hydrogen-bond acceptors (Lipinski definition) is 5. The van der Waals surface area contributed by atoms with Crippen molar-refractivity contribution in [2.24, 2.45) is 0 Å². The van der Waals surface area contributed by atoms with Crippen LogP contribution in [0.25, 0.3) is 0 Å². The fraction of sp³-hybridized carbons (Fsp3) is 0.333. The Morgan fingerprint density at radius 3 is 2.39 bits per heavy atom. The summed E-state index contributed by atoms with van der Waals surface area (Å²) in [5.41, 5.74) is 0. The average Bonchev–Trinajstić information content (AvgIpc) is 2.63. The molecular weight excluding hydrogens is 282 g/mol. The highest BCUT2D eigenvalue weighted by Gasteiger charge is 2.28. The van der Waals surface area contributed by atoms with E-state index in [0.29, 0.717) is 0 Å². The first-order chi connectivity index (χ1) is 8.22. The highest BCUT2D eigenvalue weighted by molar-refractivity contribution is 7.91. The Balaban J connectivity index is 2.93. The molecule has 0 fully saturated rings. The van der Waals surface area contributed by atoms with Crippen molar-refractivity contribution in [1.82, 2.24) is 4.72 Å². The molecule has 100 valence electrons. The van der Waals surface area contributed by atoms with Crippen LogP contribution in [-0.4, -0.2) is 36.6 Å². The van der Waals surface area contributed by atoms with Crippen molar-refractivity contribution in [1.29, 1.82) is 0 Å². The van der Waals surface area contributed by atoms with Crippen LogP contribution in [0.1, 0.15) is 11.3 Å². The topological polar surface area (TPSA) is 121 Å². The molecule has 1 heterocycles. The Bertz CT molecular complexity index is 561. The highest BCUT2D eigenvalue weighted by Crippen LogP contribution is 2.20. The van der Waals surface area contributed by atoms with E-state index < -0.39 is 34.4 Å². The van der Waals surface area contributed by atoms with Gasteiger partial charge in [0, 0.05) is 4.88 Å². The molecule has 0 unspecified atom stereocenters. The zero-order chi connectivity index (χ0) is 13.9. The fourth-order valence-corrected chi connectivity index (χ4v) is 3.64. The van der Waals surface area contributed by atoms with Crippen LogP contribution in [-0.2, 0) is 19.6 Å². The van der Waals surface area contributed by atoms with Gasteiger partial charge in [-0.25, -0.2) is 8.42 Å². The number of carboxylic acid groups (broad SMARTS) is 2. The maximum Gasteiger partial charge on any atom is 0.322 e. The maximum atomic E-state index is 11.8. The smallest absolute Gasteiger partial charge is 0.322 e. The van der Waals surface area contributed by atoms with E-state index in [0.717, 1.165) is 16.2 Å². The van der Waals surface area contributed by atoms with Crippen LogP contribution >= 0.6 is 11.3 Å². The summed E-state index contributed by atoms with van der Waals surface area (Å²) in [5, 5.41) is 17.3. The van der Waals surface area contributed by atoms with E-state index in [1.54, 1.807) is 13.0 Å². The van der Waals surface area contributed by atoms with Crippen molar-refractivity contribution >= 4 is 33.3 Å². The lowest BCUT2D eigenvalue weighted by Crippen LogP contribution is -2.41. The molecule has 18 heavy (non-hydrogen) atoms. The van der Waals surface area contributed by atoms with Crippen LogP contribution in [0, 0.1) is 6.92 Å². The largest absolute Gasteiger partial charge is 0.481 e. The number of aryl methyl sites for hydroxylation is 1. The Morgan fingerprint density at radius 2 is 2.00 bits per heavy atom. The van der Waals surface area contributed by atoms with Crippen molar-refractivity contribution in [3.8, 4) is 0 Å². The standard InChI is InChI=1S/C9H11NO6S2/c1-5-2-3-8(17-5)18(15,16)10-6(9(13)14)4-7(11)12/h2-3,6,10H,4H2,1H3,(H,11,12)(H,13,14)/t6-/m0/s1. The Hall–Kier alpha value is -1.45. The molecule has 0 spiro atoms. The highest BCUT2D eigenvalue weighted by atomic mass is 32.2. The predicted molar refractivity (Wildman–Crippen MR) is 63.1 cm³/mol. The molecule has 7 nitrogen and oxygen atoms in total. The van der Waals surface area contributed by atoms with Gasteiger partial charge in [-0.3, -0.25) is 9.59 Å². The van der Waals surface area contributed by atoms with Gasteiger partial charge in [-0.1, -0.05) is 0 Å². The monoisotopic (exact) mass is 293 g/mol. The molecule has 1 aromatic rings.